The van der Waals surface area contributed by atoms with E-state index in [4.69, 9.17) is 0 Å². The van der Waals surface area contributed by atoms with E-state index in [-0.39, 0.29) is 29.7 Å². The van der Waals surface area contributed by atoms with Crippen LogP contribution < -0.4 is 0 Å². The first-order valence-corrected chi connectivity index (χ1v) is 14.2. The molecule has 37 heavy (non-hydrogen) atoms. The Bertz CT molecular complexity index is 959. The minimum atomic E-state index is -0.749. The number of carbonyl (C=O) groups excluding carboxylic acids is 3. The van der Waals surface area contributed by atoms with Crippen LogP contribution in [-0.4, -0.2) is 91.4 Å². The number of likely N-dealkylation sites (N-methyl/N-ethyl adjacent to an activating group) is 1. The highest BCUT2D eigenvalue weighted by atomic mass is 32.2. The summed E-state index contributed by atoms with van der Waals surface area (Å²) < 4.78 is -1.14. The lowest BCUT2D eigenvalue weighted by Crippen LogP contribution is -2.61. The summed E-state index contributed by atoms with van der Waals surface area (Å²) in [7, 11) is 1.74. The highest BCUT2D eigenvalue weighted by Crippen LogP contribution is 2.72. The number of thioether (sulfide) groups is 1. The number of nitrogens with zero attached hydrogens (tertiary/aromatic N) is 3. The number of aliphatic hydroxyl groups is 1. The quantitative estimate of drug-likeness (QED) is 0.433. The Morgan fingerprint density at radius 2 is 1.76 bits per heavy atom. The van der Waals surface area contributed by atoms with Crippen molar-refractivity contribution in [1.82, 2.24) is 14.7 Å². The summed E-state index contributed by atoms with van der Waals surface area (Å²) in [5, 5.41) is 10.2. The molecule has 6 atom stereocenters. The van der Waals surface area contributed by atoms with Gasteiger partial charge in [-0.2, -0.15) is 0 Å². The predicted molar refractivity (Wildman–Crippen MR) is 150 cm³/mol. The fourth-order valence-corrected chi connectivity index (χ4v) is 9.74. The number of amides is 3. The van der Waals surface area contributed by atoms with E-state index < -0.39 is 39.0 Å². The second-order valence-corrected chi connectivity index (χ2v) is 15.2. The van der Waals surface area contributed by atoms with Crippen molar-refractivity contribution in [3.05, 3.63) is 25.3 Å². The van der Waals surface area contributed by atoms with Gasteiger partial charge in [0.1, 0.15) is 6.04 Å². The van der Waals surface area contributed by atoms with Crippen molar-refractivity contribution >= 4 is 29.5 Å². The molecule has 0 aromatic heterocycles. The molecule has 3 amide bonds. The lowest BCUT2D eigenvalue weighted by Gasteiger charge is -2.46. The monoisotopic (exact) mass is 533 g/mol. The van der Waals surface area contributed by atoms with Crippen LogP contribution in [0.5, 0.6) is 0 Å². The number of aliphatic hydroxyl groups excluding tert-OH is 1. The van der Waals surface area contributed by atoms with Gasteiger partial charge in [0.2, 0.25) is 17.7 Å². The van der Waals surface area contributed by atoms with Crippen LogP contribution in [0, 0.1) is 17.3 Å². The van der Waals surface area contributed by atoms with Gasteiger partial charge in [-0.05, 0) is 52.4 Å². The van der Waals surface area contributed by atoms with Gasteiger partial charge in [0, 0.05) is 30.4 Å². The third-order valence-electron chi connectivity index (χ3n) is 8.50. The molecule has 208 valence electrons. The van der Waals surface area contributed by atoms with Gasteiger partial charge in [0.25, 0.3) is 0 Å². The van der Waals surface area contributed by atoms with Crippen molar-refractivity contribution in [2.75, 3.05) is 26.7 Å². The summed E-state index contributed by atoms with van der Waals surface area (Å²) in [4.78, 5) is 47.7. The molecule has 1 spiro atoms. The number of likely N-dealkylation sites (tertiary alicyclic amines) is 1. The zero-order chi connectivity index (χ0) is 28.1. The van der Waals surface area contributed by atoms with Gasteiger partial charge in [-0.15, -0.1) is 24.9 Å². The molecule has 3 rings (SSSR count). The zero-order valence-electron chi connectivity index (χ0n) is 24.0. The van der Waals surface area contributed by atoms with Gasteiger partial charge in [-0.1, -0.05) is 32.9 Å². The van der Waals surface area contributed by atoms with Crippen LogP contribution in [0.15, 0.2) is 25.3 Å². The molecule has 3 aliphatic heterocycles. The van der Waals surface area contributed by atoms with Crippen molar-refractivity contribution in [2.24, 2.45) is 17.3 Å². The van der Waals surface area contributed by atoms with Crippen molar-refractivity contribution in [1.29, 1.82) is 0 Å². The summed E-state index contributed by atoms with van der Waals surface area (Å²) in [5.74, 6) is -1.50. The largest absolute Gasteiger partial charge is 0.394 e. The molecule has 3 saturated heterocycles. The molecule has 0 aliphatic carbocycles. The van der Waals surface area contributed by atoms with Crippen molar-refractivity contribution in [3.8, 4) is 0 Å². The van der Waals surface area contributed by atoms with Crippen molar-refractivity contribution in [3.63, 3.8) is 0 Å². The molecule has 8 heteroatoms. The molecule has 2 bridgehead atoms. The SMILES string of the molecule is C=CCN(C)C(=O)[C@@H]1[C@H]2C(=O)N([C@H](C)CO)C(C(=O)N(CC=C)C(C)(C)CC(C)(C)C)C23CC[C@@]1(C)S3. The molecule has 3 aliphatic rings. The second kappa shape index (κ2) is 10.1. The molecular weight excluding hydrogens is 486 g/mol. The van der Waals surface area contributed by atoms with Gasteiger partial charge in [0.15, 0.2) is 0 Å². The van der Waals surface area contributed by atoms with Gasteiger partial charge in [-0.25, -0.2) is 0 Å². The highest BCUT2D eigenvalue weighted by Gasteiger charge is 2.78. The Hall–Kier alpha value is -1.80. The summed E-state index contributed by atoms with van der Waals surface area (Å²) in [5.41, 5.74) is -0.505. The van der Waals surface area contributed by atoms with Crippen LogP contribution in [0.1, 0.15) is 67.7 Å². The van der Waals surface area contributed by atoms with Crippen LogP contribution in [-0.2, 0) is 14.4 Å². The summed E-state index contributed by atoms with van der Waals surface area (Å²) >= 11 is 1.66. The van der Waals surface area contributed by atoms with E-state index in [1.807, 2.05) is 4.90 Å². The first-order valence-electron chi connectivity index (χ1n) is 13.4. The van der Waals surface area contributed by atoms with E-state index in [1.54, 1.807) is 47.7 Å². The molecular formula is C29H47N3O4S. The fourth-order valence-electron chi connectivity index (χ4n) is 7.41. The number of rotatable bonds is 10. The average molecular weight is 534 g/mol. The molecule has 0 aromatic carbocycles. The third-order valence-corrected chi connectivity index (χ3v) is 10.5. The van der Waals surface area contributed by atoms with Crippen molar-refractivity contribution in [2.45, 2.75) is 94.8 Å². The number of hydrogen-bond donors (Lipinski definition) is 1. The summed E-state index contributed by atoms with van der Waals surface area (Å²) in [6.07, 6.45) is 5.64. The first-order chi connectivity index (χ1) is 17.0. The maximum Gasteiger partial charge on any atom is 0.247 e. The fraction of sp³-hybridized carbons (Fsp3) is 0.759. The van der Waals surface area contributed by atoms with E-state index in [0.717, 1.165) is 12.8 Å². The molecule has 0 radical (unpaired) electrons. The van der Waals surface area contributed by atoms with Gasteiger partial charge >= 0.3 is 0 Å². The Morgan fingerprint density at radius 3 is 2.27 bits per heavy atom. The smallest absolute Gasteiger partial charge is 0.247 e. The molecule has 2 unspecified atom stereocenters. The van der Waals surface area contributed by atoms with E-state index >= 15 is 0 Å². The predicted octanol–water partition coefficient (Wildman–Crippen LogP) is 3.72. The average Bonchev–Trinajstić information content (AvgIpc) is 3.35. The Balaban J connectivity index is 2.14. The van der Waals surface area contributed by atoms with Crippen molar-refractivity contribution < 1.29 is 19.5 Å². The Morgan fingerprint density at radius 1 is 1.16 bits per heavy atom. The maximum absolute atomic E-state index is 14.7. The molecule has 3 heterocycles. The molecule has 0 aromatic rings. The summed E-state index contributed by atoms with van der Waals surface area (Å²) in [6.45, 7) is 22.7. The minimum Gasteiger partial charge on any atom is -0.394 e. The number of fused-ring (bicyclic) bond motifs is 1. The topological polar surface area (TPSA) is 81.2 Å². The number of carbonyl (C=O) groups is 3. The second-order valence-electron chi connectivity index (χ2n) is 13.3. The number of hydrogen-bond acceptors (Lipinski definition) is 5. The van der Waals surface area contributed by atoms with Crippen LogP contribution in [0.3, 0.4) is 0 Å². The van der Waals surface area contributed by atoms with E-state index in [2.05, 4.69) is 54.7 Å². The highest BCUT2D eigenvalue weighted by molar-refractivity contribution is 8.02. The molecule has 3 fully saturated rings. The maximum atomic E-state index is 14.7. The summed E-state index contributed by atoms with van der Waals surface area (Å²) in [6, 6.07) is -1.28. The van der Waals surface area contributed by atoms with Crippen LogP contribution in [0.25, 0.3) is 0 Å². The van der Waals surface area contributed by atoms with E-state index in [1.165, 1.54) is 0 Å². The van der Waals surface area contributed by atoms with Gasteiger partial charge in [-0.3, -0.25) is 14.4 Å². The lowest BCUT2D eigenvalue weighted by molar-refractivity contribution is -0.149. The Labute approximate surface area is 227 Å². The first kappa shape index (κ1) is 29.8. The Kier molecular flexibility index (Phi) is 8.09. The molecule has 7 nitrogen and oxygen atoms in total. The van der Waals surface area contributed by atoms with Crippen LogP contribution in [0.4, 0.5) is 0 Å². The van der Waals surface area contributed by atoms with Crippen LogP contribution >= 0.6 is 11.8 Å². The van der Waals surface area contributed by atoms with Gasteiger partial charge < -0.3 is 19.8 Å². The third kappa shape index (κ3) is 4.88. The van der Waals surface area contributed by atoms with E-state index in [9.17, 15) is 19.5 Å². The van der Waals surface area contributed by atoms with Crippen LogP contribution in [0.2, 0.25) is 0 Å². The normalized spacial score (nSPS) is 31.8. The van der Waals surface area contributed by atoms with E-state index in [0.29, 0.717) is 19.5 Å². The van der Waals surface area contributed by atoms with Gasteiger partial charge in [0.05, 0.1) is 29.2 Å². The minimum absolute atomic E-state index is 0.0190. The molecule has 1 N–H and O–H groups in total. The lowest BCUT2D eigenvalue weighted by atomic mass is 9.66. The molecule has 0 saturated carbocycles. The zero-order valence-corrected chi connectivity index (χ0v) is 24.9. The standard InChI is InChI=1S/C29H47N3O4S/c1-11-15-30(10)23(34)20-21-24(35)32(19(3)17-33)22(29(21)14-13-28(20,9)37-29)25(36)31(16-12-2)27(7,8)18-26(4,5)6/h11-12,19-22,33H,1-2,13-18H2,3-10H3/t19-,20+,21+,22?,28-,29?/m1/s1.